The Labute approximate surface area is 180 Å². The maximum atomic E-state index is 6.35. The van der Waals surface area contributed by atoms with Crippen molar-refractivity contribution in [1.82, 2.24) is 9.80 Å². The van der Waals surface area contributed by atoms with Crippen LogP contribution in [0.2, 0.25) is 5.02 Å². The van der Waals surface area contributed by atoms with E-state index in [2.05, 4.69) is 47.8 Å². The van der Waals surface area contributed by atoms with Gasteiger partial charge in [-0.15, -0.1) is 0 Å². The van der Waals surface area contributed by atoms with Gasteiger partial charge in [-0.3, -0.25) is 4.90 Å². The lowest BCUT2D eigenvalue weighted by atomic mass is 10.1. The number of aryl methyl sites for hydroxylation is 1. The topological polar surface area (TPSA) is 35.7 Å². The van der Waals surface area contributed by atoms with E-state index >= 15 is 0 Å². The van der Waals surface area contributed by atoms with Crippen LogP contribution in [0.3, 0.4) is 0 Å². The van der Waals surface area contributed by atoms with Crippen LogP contribution in [0.25, 0.3) is 5.70 Å². The SMILES string of the molecule is C=C(c1cc(C)ccc1N)N(C)CN(CCC)CC(=C)N(C)c1ccccc1Cl. The van der Waals surface area contributed by atoms with Crippen LogP contribution in [0.1, 0.15) is 24.5 Å². The van der Waals surface area contributed by atoms with Gasteiger partial charge in [0.2, 0.25) is 0 Å². The summed E-state index contributed by atoms with van der Waals surface area (Å²) in [6.07, 6.45) is 1.05. The number of hydrogen-bond acceptors (Lipinski definition) is 4. The van der Waals surface area contributed by atoms with E-state index in [1.54, 1.807) is 0 Å². The molecule has 29 heavy (non-hydrogen) atoms. The molecule has 0 heterocycles. The summed E-state index contributed by atoms with van der Waals surface area (Å²) in [7, 11) is 4.05. The van der Waals surface area contributed by atoms with Gasteiger partial charge in [0, 0.05) is 43.3 Å². The fraction of sp³-hybridized carbons (Fsp3) is 0.333. The minimum absolute atomic E-state index is 0.721. The van der Waals surface area contributed by atoms with Crippen LogP contribution >= 0.6 is 11.6 Å². The lowest BCUT2D eigenvalue weighted by molar-refractivity contribution is 0.211. The van der Waals surface area contributed by atoms with E-state index in [9.17, 15) is 0 Å². The Bertz CT molecular complexity index is 862. The zero-order valence-corrected chi connectivity index (χ0v) is 18.8. The fourth-order valence-electron chi connectivity index (χ4n) is 3.29. The van der Waals surface area contributed by atoms with Gasteiger partial charge < -0.3 is 15.5 Å². The summed E-state index contributed by atoms with van der Waals surface area (Å²) in [4.78, 5) is 6.55. The number of likely N-dealkylation sites (N-methyl/N-ethyl adjacent to an activating group) is 1. The monoisotopic (exact) mass is 412 g/mol. The van der Waals surface area contributed by atoms with Gasteiger partial charge in [-0.25, -0.2) is 0 Å². The van der Waals surface area contributed by atoms with Crippen LogP contribution in [0.4, 0.5) is 11.4 Å². The van der Waals surface area contributed by atoms with Crippen molar-refractivity contribution in [2.75, 3.05) is 44.5 Å². The number of anilines is 2. The molecule has 0 amide bonds. The minimum Gasteiger partial charge on any atom is -0.398 e. The molecule has 156 valence electrons. The van der Waals surface area contributed by atoms with Crippen molar-refractivity contribution >= 4 is 28.7 Å². The number of benzene rings is 2. The standard InChI is InChI=1S/C24H33ClN4/c1-7-14-29(16-19(3)28(6)24-11-9-8-10-22(24)25)17-27(5)20(4)21-15-18(2)12-13-23(21)26/h8-13,15H,3-4,7,14,16-17,26H2,1-2,5-6H3. The molecule has 0 saturated carbocycles. The Balaban J connectivity index is 2.09. The highest BCUT2D eigenvalue weighted by molar-refractivity contribution is 6.33. The van der Waals surface area contributed by atoms with E-state index in [0.29, 0.717) is 0 Å². The molecule has 2 aromatic carbocycles. The van der Waals surface area contributed by atoms with Gasteiger partial charge >= 0.3 is 0 Å². The van der Waals surface area contributed by atoms with Gasteiger partial charge in [0.25, 0.3) is 0 Å². The number of halogens is 1. The second kappa shape index (κ2) is 10.4. The Morgan fingerprint density at radius 1 is 1.10 bits per heavy atom. The smallest absolute Gasteiger partial charge is 0.0707 e. The Hall–Kier alpha value is -2.43. The van der Waals surface area contributed by atoms with Crippen molar-refractivity contribution in [1.29, 1.82) is 0 Å². The third-order valence-corrected chi connectivity index (χ3v) is 5.35. The van der Waals surface area contributed by atoms with E-state index in [4.69, 9.17) is 17.3 Å². The van der Waals surface area contributed by atoms with Crippen molar-refractivity contribution in [2.24, 2.45) is 0 Å². The molecule has 2 N–H and O–H groups in total. The van der Waals surface area contributed by atoms with Crippen molar-refractivity contribution in [2.45, 2.75) is 20.3 Å². The summed E-state index contributed by atoms with van der Waals surface area (Å²) in [6, 6.07) is 13.9. The molecule has 0 aromatic heterocycles. The summed E-state index contributed by atoms with van der Waals surface area (Å²) in [6.45, 7) is 15.2. The number of nitrogens with zero attached hydrogens (tertiary/aromatic N) is 3. The first-order valence-electron chi connectivity index (χ1n) is 9.89. The first-order chi connectivity index (χ1) is 13.7. The summed E-state index contributed by atoms with van der Waals surface area (Å²) in [5, 5.41) is 0.721. The molecule has 0 unspecified atom stereocenters. The van der Waals surface area contributed by atoms with Crippen LogP contribution in [0, 0.1) is 6.92 Å². The predicted molar refractivity (Wildman–Crippen MR) is 128 cm³/mol. The van der Waals surface area contributed by atoms with Gasteiger partial charge in [0.1, 0.15) is 0 Å². The number of rotatable bonds is 10. The highest BCUT2D eigenvalue weighted by atomic mass is 35.5. The molecule has 0 fully saturated rings. The number of nitrogens with two attached hydrogens (primary N) is 1. The predicted octanol–water partition coefficient (Wildman–Crippen LogP) is 5.45. The van der Waals surface area contributed by atoms with Gasteiger partial charge in [0.05, 0.1) is 17.4 Å². The third kappa shape index (κ3) is 6.02. The molecule has 0 radical (unpaired) electrons. The number of hydrogen-bond donors (Lipinski definition) is 1. The number of nitrogen functional groups attached to an aromatic ring is 1. The van der Waals surface area contributed by atoms with Crippen molar-refractivity contribution < 1.29 is 0 Å². The summed E-state index contributed by atoms with van der Waals surface area (Å²) < 4.78 is 0. The fourth-order valence-corrected chi connectivity index (χ4v) is 3.55. The molecular weight excluding hydrogens is 380 g/mol. The molecular formula is C24H33ClN4. The molecule has 5 heteroatoms. The van der Waals surface area contributed by atoms with Gasteiger partial charge in [-0.05, 0) is 44.2 Å². The average molecular weight is 413 g/mol. The molecule has 0 aliphatic heterocycles. The van der Waals surface area contributed by atoms with Crippen LogP contribution in [0.15, 0.2) is 61.3 Å². The highest BCUT2D eigenvalue weighted by Crippen LogP contribution is 2.27. The second-order valence-electron chi connectivity index (χ2n) is 7.51. The van der Waals surface area contributed by atoms with Crippen LogP contribution < -0.4 is 10.6 Å². The van der Waals surface area contributed by atoms with E-state index in [-0.39, 0.29) is 0 Å². The normalized spacial score (nSPS) is 10.8. The molecule has 0 aliphatic carbocycles. The molecule has 2 rings (SSSR count). The van der Waals surface area contributed by atoms with Gasteiger partial charge in [0.15, 0.2) is 0 Å². The van der Waals surface area contributed by atoms with E-state index in [1.807, 2.05) is 50.5 Å². The molecule has 0 aliphatic rings. The number of para-hydroxylation sites is 1. The molecule has 0 saturated heterocycles. The molecule has 4 nitrogen and oxygen atoms in total. The Morgan fingerprint density at radius 2 is 1.79 bits per heavy atom. The first kappa shape index (κ1) is 22.9. The third-order valence-electron chi connectivity index (χ3n) is 5.03. The average Bonchev–Trinajstić information content (AvgIpc) is 2.69. The molecule has 2 aromatic rings. The zero-order chi connectivity index (χ0) is 21.6. The minimum atomic E-state index is 0.721. The van der Waals surface area contributed by atoms with Crippen LogP contribution in [-0.2, 0) is 0 Å². The van der Waals surface area contributed by atoms with Crippen LogP contribution in [-0.4, -0.2) is 43.7 Å². The van der Waals surface area contributed by atoms with E-state index < -0.39 is 0 Å². The van der Waals surface area contributed by atoms with Crippen molar-refractivity contribution in [3.63, 3.8) is 0 Å². The second-order valence-corrected chi connectivity index (χ2v) is 7.91. The molecule has 0 spiro atoms. The van der Waals surface area contributed by atoms with Crippen molar-refractivity contribution in [3.05, 3.63) is 77.5 Å². The molecule has 0 bridgehead atoms. The lowest BCUT2D eigenvalue weighted by Gasteiger charge is -2.33. The largest absolute Gasteiger partial charge is 0.398 e. The Kier molecular flexibility index (Phi) is 8.18. The maximum Gasteiger partial charge on any atom is 0.0707 e. The summed E-state index contributed by atoms with van der Waals surface area (Å²) in [5.41, 5.74) is 11.9. The van der Waals surface area contributed by atoms with Gasteiger partial charge in [-0.2, -0.15) is 0 Å². The highest BCUT2D eigenvalue weighted by Gasteiger charge is 2.16. The zero-order valence-electron chi connectivity index (χ0n) is 18.1. The Morgan fingerprint density at radius 3 is 2.45 bits per heavy atom. The lowest BCUT2D eigenvalue weighted by Crippen LogP contribution is -2.38. The molecule has 0 atom stereocenters. The van der Waals surface area contributed by atoms with Crippen LogP contribution in [0.5, 0.6) is 0 Å². The summed E-state index contributed by atoms with van der Waals surface area (Å²) >= 11 is 6.35. The van der Waals surface area contributed by atoms with E-state index in [0.717, 1.165) is 59.5 Å². The maximum absolute atomic E-state index is 6.35. The summed E-state index contributed by atoms with van der Waals surface area (Å²) in [5.74, 6) is 0. The van der Waals surface area contributed by atoms with Crippen molar-refractivity contribution in [3.8, 4) is 0 Å². The van der Waals surface area contributed by atoms with Gasteiger partial charge in [-0.1, -0.05) is 55.4 Å². The first-order valence-corrected chi connectivity index (χ1v) is 10.3. The van der Waals surface area contributed by atoms with E-state index in [1.165, 1.54) is 5.56 Å². The quantitative estimate of drug-likeness (QED) is 0.415.